The van der Waals surface area contributed by atoms with Crippen molar-refractivity contribution in [1.82, 2.24) is 5.32 Å². The Morgan fingerprint density at radius 1 is 1.07 bits per heavy atom. The van der Waals surface area contributed by atoms with E-state index in [1.807, 2.05) is 70.2 Å². The van der Waals surface area contributed by atoms with Gasteiger partial charge in [0.2, 0.25) is 0 Å². The van der Waals surface area contributed by atoms with Crippen LogP contribution in [-0.2, 0) is 11.3 Å². The summed E-state index contributed by atoms with van der Waals surface area (Å²) in [6.07, 6.45) is 0.121. The Morgan fingerprint density at radius 3 is 2.48 bits per heavy atom. The summed E-state index contributed by atoms with van der Waals surface area (Å²) < 4.78 is 17.0. The molecule has 146 valence electrons. The number of carbonyl (C=O) groups is 1. The first kappa shape index (κ1) is 20.6. The molecule has 27 heavy (non-hydrogen) atoms. The third kappa shape index (κ3) is 6.20. The van der Waals surface area contributed by atoms with E-state index in [1.54, 1.807) is 7.11 Å². The van der Waals surface area contributed by atoms with Gasteiger partial charge in [-0.15, -0.1) is 0 Å². The maximum Gasteiger partial charge on any atom is 0.261 e. The van der Waals surface area contributed by atoms with Crippen LogP contribution < -0.4 is 19.5 Å². The molecule has 1 unspecified atom stereocenters. The molecular weight excluding hydrogens is 342 g/mol. The number of amides is 1. The predicted molar refractivity (Wildman–Crippen MR) is 106 cm³/mol. The lowest BCUT2D eigenvalue weighted by Crippen LogP contribution is -2.37. The van der Waals surface area contributed by atoms with Crippen molar-refractivity contribution < 1.29 is 19.0 Å². The quantitative estimate of drug-likeness (QED) is 0.715. The molecule has 2 rings (SSSR count). The van der Waals surface area contributed by atoms with Crippen LogP contribution >= 0.6 is 0 Å². The van der Waals surface area contributed by atoms with Crippen LogP contribution in [0.5, 0.6) is 17.2 Å². The van der Waals surface area contributed by atoms with Crippen molar-refractivity contribution in [3.63, 3.8) is 0 Å². The van der Waals surface area contributed by atoms with Gasteiger partial charge >= 0.3 is 0 Å². The molecule has 0 bridgehead atoms. The highest BCUT2D eigenvalue weighted by molar-refractivity contribution is 5.81. The lowest BCUT2D eigenvalue weighted by Gasteiger charge is -2.18. The number of hydrogen-bond donors (Lipinski definition) is 1. The molecule has 2 aromatic carbocycles. The van der Waals surface area contributed by atoms with Gasteiger partial charge in [-0.1, -0.05) is 25.1 Å². The van der Waals surface area contributed by atoms with Crippen LogP contribution in [0.3, 0.4) is 0 Å². The van der Waals surface area contributed by atoms with Crippen molar-refractivity contribution in [1.29, 1.82) is 0 Å². The zero-order chi connectivity index (χ0) is 19.8. The van der Waals surface area contributed by atoms with Crippen molar-refractivity contribution >= 4 is 5.91 Å². The van der Waals surface area contributed by atoms with E-state index in [2.05, 4.69) is 5.32 Å². The third-order valence-electron chi connectivity index (χ3n) is 3.99. The largest absolute Gasteiger partial charge is 0.493 e. The van der Waals surface area contributed by atoms with Gasteiger partial charge in [0.25, 0.3) is 5.91 Å². The van der Waals surface area contributed by atoms with Gasteiger partial charge in [-0.2, -0.15) is 0 Å². The summed E-state index contributed by atoms with van der Waals surface area (Å²) in [7, 11) is 1.60. The van der Waals surface area contributed by atoms with Gasteiger partial charge in [0.05, 0.1) is 13.2 Å². The number of nitrogens with one attached hydrogen (secondary N) is 1. The lowest BCUT2D eigenvalue weighted by atomic mass is 10.2. The first-order valence-electron chi connectivity index (χ1n) is 9.27. The van der Waals surface area contributed by atoms with Gasteiger partial charge in [0, 0.05) is 6.54 Å². The van der Waals surface area contributed by atoms with E-state index in [4.69, 9.17) is 14.2 Å². The highest BCUT2D eigenvalue weighted by atomic mass is 16.5. The summed E-state index contributed by atoms with van der Waals surface area (Å²) >= 11 is 0. The molecule has 0 aliphatic rings. The van der Waals surface area contributed by atoms with Crippen LogP contribution in [0.1, 0.15) is 38.3 Å². The normalized spacial score (nSPS) is 11.8. The Labute approximate surface area is 161 Å². The molecule has 0 saturated heterocycles. The summed E-state index contributed by atoms with van der Waals surface area (Å²) in [6.45, 7) is 8.25. The topological polar surface area (TPSA) is 56.8 Å². The standard InChI is InChI=1S/C22H29NO4/c1-6-19(27-18-9-7-8-16(4)12-18)22(24)23-14-17-10-11-20(26-15(2)3)21(13-17)25-5/h7-13,15,19H,6,14H2,1-5H3,(H,23,24). The molecule has 0 aliphatic heterocycles. The second-order valence-electron chi connectivity index (χ2n) is 6.70. The number of carbonyl (C=O) groups excluding carboxylic acids is 1. The van der Waals surface area contributed by atoms with Gasteiger partial charge in [0.15, 0.2) is 17.6 Å². The van der Waals surface area contributed by atoms with Crippen molar-refractivity contribution in [2.45, 2.75) is 52.9 Å². The predicted octanol–water partition coefficient (Wildman–Crippen LogP) is 4.26. The molecule has 2 aromatic rings. The Kier molecular flexibility index (Phi) is 7.53. The molecule has 5 heteroatoms. The second kappa shape index (κ2) is 9.86. The third-order valence-corrected chi connectivity index (χ3v) is 3.99. The van der Waals surface area contributed by atoms with Crippen LogP contribution in [0.2, 0.25) is 0 Å². The molecule has 0 aromatic heterocycles. The van der Waals surface area contributed by atoms with Gasteiger partial charge < -0.3 is 19.5 Å². The molecule has 1 N–H and O–H groups in total. The number of hydrogen-bond acceptors (Lipinski definition) is 4. The molecule has 0 heterocycles. The zero-order valence-corrected chi connectivity index (χ0v) is 16.7. The van der Waals surface area contributed by atoms with Gasteiger partial charge in [-0.25, -0.2) is 0 Å². The number of benzene rings is 2. The Bertz CT molecular complexity index is 758. The Balaban J connectivity index is 1.98. The minimum Gasteiger partial charge on any atom is -0.493 e. The van der Waals surface area contributed by atoms with Crippen molar-refractivity contribution in [2.24, 2.45) is 0 Å². The highest BCUT2D eigenvalue weighted by Crippen LogP contribution is 2.29. The maximum absolute atomic E-state index is 12.5. The average Bonchev–Trinajstić information content (AvgIpc) is 2.64. The molecule has 0 radical (unpaired) electrons. The zero-order valence-electron chi connectivity index (χ0n) is 16.7. The number of aryl methyl sites for hydroxylation is 1. The van der Waals surface area contributed by atoms with E-state index in [0.29, 0.717) is 30.2 Å². The van der Waals surface area contributed by atoms with E-state index in [1.165, 1.54) is 0 Å². The maximum atomic E-state index is 12.5. The fourth-order valence-corrected chi connectivity index (χ4v) is 2.65. The van der Waals surface area contributed by atoms with Gasteiger partial charge in [-0.3, -0.25) is 4.79 Å². The van der Waals surface area contributed by atoms with Gasteiger partial charge in [-0.05, 0) is 62.6 Å². The van der Waals surface area contributed by atoms with E-state index in [0.717, 1.165) is 11.1 Å². The van der Waals surface area contributed by atoms with Crippen LogP contribution in [0.4, 0.5) is 0 Å². The molecule has 0 saturated carbocycles. The summed E-state index contributed by atoms with van der Waals surface area (Å²) in [5.41, 5.74) is 2.03. The Morgan fingerprint density at radius 2 is 1.85 bits per heavy atom. The summed E-state index contributed by atoms with van der Waals surface area (Å²) in [5.74, 6) is 1.91. The van der Waals surface area contributed by atoms with Crippen molar-refractivity contribution in [3.8, 4) is 17.2 Å². The smallest absolute Gasteiger partial charge is 0.261 e. The monoisotopic (exact) mass is 371 g/mol. The summed E-state index contributed by atoms with van der Waals surface area (Å²) in [6, 6.07) is 13.4. The molecule has 0 aliphatic carbocycles. The van der Waals surface area contributed by atoms with E-state index in [-0.39, 0.29) is 12.0 Å². The first-order chi connectivity index (χ1) is 12.9. The minimum atomic E-state index is -0.530. The summed E-state index contributed by atoms with van der Waals surface area (Å²) in [5, 5.41) is 2.94. The van der Waals surface area contributed by atoms with Crippen molar-refractivity contribution in [3.05, 3.63) is 53.6 Å². The fourth-order valence-electron chi connectivity index (χ4n) is 2.65. The lowest BCUT2D eigenvalue weighted by molar-refractivity contribution is -0.128. The van der Waals surface area contributed by atoms with E-state index < -0.39 is 6.10 Å². The Hall–Kier alpha value is -2.69. The SMILES string of the molecule is CCC(Oc1cccc(C)c1)C(=O)NCc1ccc(OC(C)C)c(OC)c1. The fraction of sp³-hybridized carbons (Fsp3) is 0.409. The van der Waals surface area contributed by atoms with Crippen LogP contribution in [-0.4, -0.2) is 25.2 Å². The van der Waals surface area contributed by atoms with Crippen LogP contribution in [0, 0.1) is 6.92 Å². The first-order valence-corrected chi connectivity index (χ1v) is 9.27. The highest BCUT2D eigenvalue weighted by Gasteiger charge is 2.18. The molecular formula is C22H29NO4. The number of ether oxygens (including phenoxy) is 3. The van der Waals surface area contributed by atoms with Gasteiger partial charge in [0.1, 0.15) is 5.75 Å². The van der Waals surface area contributed by atoms with Crippen LogP contribution in [0.25, 0.3) is 0 Å². The van der Waals surface area contributed by atoms with E-state index in [9.17, 15) is 4.79 Å². The molecule has 0 fully saturated rings. The average molecular weight is 371 g/mol. The molecule has 1 amide bonds. The van der Waals surface area contributed by atoms with Crippen LogP contribution in [0.15, 0.2) is 42.5 Å². The molecule has 5 nitrogen and oxygen atoms in total. The number of rotatable bonds is 9. The summed E-state index contributed by atoms with van der Waals surface area (Å²) in [4.78, 5) is 12.5. The molecule has 1 atom stereocenters. The second-order valence-corrected chi connectivity index (χ2v) is 6.70. The minimum absolute atomic E-state index is 0.0635. The number of methoxy groups -OCH3 is 1. The van der Waals surface area contributed by atoms with Crippen molar-refractivity contribution in [2.75, 3.05) is 7.11 Å². The molecule has 0 spiro atoms. The van der Waals surface area contributed by atoms with E-state index >= 15 is 0 Å².